The lowest BCUT2D eigenvalue weighted by molar-refractivity contribution is 0.349. The molecule has 1 N–H and O–H groups in total. The average molecular weight is 326 g/mol. The Labute approximate surface area is 143 Å². The highest BCUT2D eigenvalue weighted by Gasteiger charge is 2.24. The molecular weight excluding hydrogens is 300 g/mol. The Bertz CT molecular complexity index is 636. The van der Waals surface area contributed by atoms with Crippen molar-refractivity contribution in [2.75, 3.05) is 24.5 Å². The predicted molar refractivity (Wildman–Crippen MR) is 94.3 cm³/mol. The van der Waals surface area contributed by atoms with Crippen molar-refractivity contribution in [3.63, 3.8) is 0 Å². The second kappa shape index (κ2) is 7.34. The summed E-state index contributed by atoms with van der Waals surface area (Å²) >= 11 is 0. The van der Waals surface area contributed by atoms with Gasteiger partial charge in [-0.05, 0) is 31.4 Å². The molecule has 2 aromatic rings. The average Bonchev–Trinajstić information content (AvgIpc) is 3.37. The largest absolute Gasteiger partial charge is 0.370 e. The number of hydrogen-bond acceptors (Lipinski definition) is 5. The standard InChI is InChI=1S/C19H26N4O/c1-2-8-17(9-3-1)23-13-11-16(14-23)20-12-10-18-21-19(24-22-18)15-6-4-5-7-15/h1-3,8-9,15-16,20H,4-7,10-14H2. The Morgan fingerprint density at radius 2 is 1.96 bits per heavy atom. The maximum atomic E-state index is 5.45. The van der Waals surface area contributed by atoms with Crippen LogP contribution < -0.4 is 10.2 Å². The van der Waals surface area contributed by atoms with E-state index in [2.05, 4.69) is 50.7 Å². The van der Waals surface area contributed by atoms with E-state index in [1.807, 2.05) is 0 Å². The third-order valence-corrected chi connectivity index (χ3v) is 5.28. The number of rotatable bonds is 6. The summed E-state index contributed by atoms with van der Waals surface area (Å²) in [6, 6.07) is 11.2. The molecule has 0 amide bonds. The van der Waals surface area contributed by atoms with Crippen LogP contribution in [-0.2, 0) is 6.42 Å². The van der Waals surface area contributed by atoms with Crippen LogP contribution in [0.25, 0.3) is 0 Å². The molecule has 0 bridgehead atoms. The smallest absolute Gasteiger partial charge is 0.229 e. The molecule has 0 radical (unpaired) electrons. The molecule has 1 aromatic carbocycles. The van der Waals surface area contributed by atoms with Crippen molar-refractivity contribution in [3.05, 3.63) is 42.0 Å². The van der Waals surface area contributed by atoms with Gasteiger partial charge in [0, 0.05) is 43.7 Å². The van der Waals surface area contributed by atoms with Gasteiger partial charge in [0.2, 0.25) is 5.89 Å². The van der Waals surface area contributed by atoms with Crippen LogP contribution >= 0.6 is 0 Å². The lowest BCUT2D eigenvalue weighted by Crippen LogP contribution is -2.34. The predicted octanol–water partition coefficient (Wildman–Crippen LogP) is 3.14. The van der Waals surface area contributed by atoms with E-state index in [4.69, 9.17) is 4.52 Å². The Hall–Kier alpha value is -1.88. The normalized spacial score (nSPS) is 21.7. The molecule has 2 heterocycles. The Morgan fingerprint density at radius 1 is 1.12 bits per heavy atom. The van der Waals surface area contributed by atoms with E-state index in [0.29, 0.717) is 12.0 Å². The maximum absolute atomic E-state index is 5.45. The minimum absolute atomic E-state index is 0.508. The molecule has 1 saturated heterocycles. The number of nitrogens with one attached hydrogen (secondary N) is 1. The van der Waals surface area contributed by atoms with Gasteiger partial charge >= 0.3 is 0 Å². The summed E-state index contributed by atoms with van der Waals surface area (Å²) in [4.78, 5) is 7.04. The molecule has 128 valence electrons. The first-order chi connectivity index (χ1) is 11.9. The van der Waals surface area contributed by atoms with Gasteiger partial charge in [0.15, 0.2) is 5.82 Å². The fourth-order valence-corrected chi connectivity index (χ4v) is 3.90. The molecule has 4 rings (SSSR count). The van der Waals surface area contributed by atoms with Crippen LogP contribution in [0.4, 0.5) is 5.69 Å². The van der Waals surface area contributed by atoms with Crippen molar-refractivity contribution >= 4 is 5.69 Å². The molecular formula is C19H26N4O. The van der Waals surface area contributed by atoms with Crippen LogP contribution in [0.3, 0.4) is 0 Å². The van der Waals surface area contributed by atoms with E-state index < -0.39 is 0 Å². The Kier molecular flexibility index (Phi) is 4.78. The Morgan fingerprint density at radius 3 is 2.79 bits per heavy atom. The van der Waals surface area contributed by atoms with Gasteiger partial charge in [0.05, 0.1) is 0 Å². The monoisotopic (exact) mass is 326 g/mol. The van der Waals surface area contributed by atoms with Crippen molar-refractivity contribution in [2.45, 2.75) is 50.5 Å². The molecule has 1 unspecified atom stereocenters. The number of hydrogen-bond donors (Lipinski definition) is 1. The highest BCUT2D eigenvalue weighted by Crippen LogP contribution is 2.32. The van der Waals surface area contributed by atoms with E-state index in [1.54, 1.807) is 0 Å². The topological polar surface area (TPSA) is 54.2 Å². The number of benzene rings is 1. The first-order valence-corrected chi connectivity index (χ1v) is 9.24. The summed E-state index contributed by atoms with van der Waals surface area (Å²) in [5, 5.41) is 7.80. The van der Waals surface area contributed by atoms with Gasteiger partial charge in [-0.25, -0.2) is 0 Å². The minimum Gasteiger partial charge on any atom is -0.370 e. The van der Waals surface area contributed by atoms with E-state index in [-0.39, 0.29) is 0 Å². The highest BCUT2D eigenvalue weighted by atomic mass is 16.5. The van der Waals surface area contributed by atoms with Gasteiger partial charge in [0.1, 0.15) is 0 Å². The fraction of sp³-hybridized carbons (Fsp3) is 0.579. The SMILES string of the molecule is c1ccc(N2CCC(NCCc3noc(C4CCCC4)n3)C2)cc1. The lowest BCUT2D eigenvalue weighted by Gasteiger charge is -2.18. The summed E-state index contributed by atoms with van der Waals surface area (Å²) in [7, 11) is 0. The second-order valence-corrected chi connectivity index (χ2v) is 7.00. The van der Waals surface area contributed by atoms with Crippen LogP contribution in [0.15, 0.2) is 34.9 Å². The van der Waals surface area contributed by atoms with Gasteiger partial charge in [-0.1, -0.05) is 36.2 Å². The third-order valence-electron chi connectivity index (χ3n) is 5.28. The van der Waals surface area contributed by atoms with Crippen LogP contribution in [-0.4, -0.2) is 35.8 Å². The first kappa shape index (κ1) is 15.6. The zero-order chi connectivity index (χ0) is 16.2. The zero-order valence-corrected chi connectivity index (χ0v) is 14.2. The molecule has 2 fully saturated rings. The molecule has 1 saturated carbocycles. The highest BCUT2D eigenvalue weighted by molar-refractivity contribution is 5.47. The molecule has 0 spiro atoms. The molecule has 1 atom stereocenters. The number of para-hydroxylation sites is 1. The molecule has 5 nitrogen and oxygen atoms in total. The zero-order valence-electron chi connectivity index (χ0n) is 14.2. The van der Waals surface area contributed by atoms with Gasteiger partial charge in [-0.2, -0.15) is 4.98 Å². The van der Waals surface area contributed by atoms with Crippen molar-refractivity contribution in [3.8, 4) is 0 Å². The van der Waals surface area contributed by atoms with E-state index in [1.165, 1.54) is 37.8 Å². The molecule has 1 aromatic heterocycles. The summed E-state index contributed by atoms with van der Waals surface area (Å²) in [6.07, 6.45) is 7.04. The number of anilines is 1. The van der Waals surface area contributed by atoms with Crippen LogP contribution in [0, 0.1) is 0 Å². The molecule has 2 aliphatic rings. The molecule has 5 heteroatoms. The van der Waals surface area contributed by atoms with Crippen LogP contribution in [0.2, 0.25) is 0 Å². The summed E-state index contributed by atoms with van der Waals surface area (Å²) < 4.78 is 5.45. The van der Waals surface area contributed by atoms with Crippen LogP contribution in [0.1, 0.15) is 49.7 Å². The summed E-state index contributed by atoms with van der Waals surface area (Å²) in [6.45, 7) is 3.11. The van der Waals surface area contributed by atoms with E-state index in [9.17, 15) is 0 Å². The van der Waals surface area contributed by atoms with E-state index >= 15 is 0 Å². The lowest BCUT2D eigenvalue weighted by atomic mass is 10.1. The fourth-order valence-electron chi connectivity index (χ4n) is 3.90. The Balaban J connectivity index is 1.22. The summed E-state index contributed by atoms with van der Waals surface area (Å²) in [5.41, 5.74) is 1.32. The first-order valence-electron chi connectivity index (χ1n) is 9.24. The quantitative estimate of drug-likeness (QED) is 0.884. The van der Waals surface area contributed by atoms with Crippen molar-refractivity contribution in [2.24, 2.45) is 0 Å². The minimum atomic E-state index is 0.508. The van der Waals surface area contributed by atoms with Gasteiger partial charge in [-0.15, -0.1) is 0 Å². The van der Waals surface area contributed by atoms with Crippen LogP contribution in [0.5, 0.6) is 0 Å². The second-order valence-electron chi connectivity index (χ2n) is 7.00. The molecule has 1 aliphatic heterocycles. The maximum Gasteiger partial charge on any atom is 0.229 e. The van der Waals surface area contributed by atoms with Crippen molar-refractivity contribution in [1.29, 1.82) is 0 Å². The van der Waals surface area contributed by atoms with Gasteiger partial charge in [-0.3, -0.25) is 0 Å². The van der Waals surface area contributed by atoms with E-state index in [0.717, 1.165) is 37.8 Å². The molecule has 1 aliphatic carbocycles. The third kappa shape index (κ3) is 3.61. The van der Waals surface area contributed by atoms with Crippen molar-refractivity contribution in [1.82, 2.24) is 15.5 Å². The van der Waals surface area contributed by atoms with Gasteiger partial charge < -0.3 is 14.7 Å². The van der Waals surface area contributed by atoms with Crippen molar-refractivity contribution < 1.29 is 4.52 Å². The number of aromatic nitrogens is 2. The van der Waals surface area contributed by atoms with Gasteiger partial charge in [0.25, 0.3) is 0 Å². The summed E-state index contributed by atoms with van der Waals surface area (Å²) in [5.74, 6) is 2.22. The molecule has 24 heavy (non-hydrogen) atoms. The number of nitrogens with zero attached hydrogens (tertiary/aromatic N) is 3.